The molecule has 27 heavy (non-hydrogen) atoms. The van der Waals surface area contributed by atoms with Crippen molar-refractivity contribution in [2.75, 3.05) is 12.4 Å². The van der Waals surface area contributed by atoms with E-state index >= 15 is 0 Å². The van der Waals surface area contributed by atoms with E-state index < -0.39 is 10.4 Å². The molecule has 144 valence electrons. The zero-order valence-electron chi connectivity index (χ0n) is 14.5. The maximum atomic E-state index is 8.74. The Balaban J connectivity index is 0.000000465. The zero-order valence-corrected chi connectivity index (χ0v) is 15.3. The average molecular weight is 392 g/mol. The van der Waals surface area contributed by atoms with Gasteiger partial charge in [-0.15, -0.1) is 0 Å². The molecular formula is C17H20N4O5S. The van der Waals surface area contributed by atoms with E-state index in [9.17, 15) is 0 Å². The van der Waals surface area contributed by atoms with E-state index in [4.69, 9.17) is 28.0 Å². The molecule has 0 saturated carbocycles. The molecule has 3 rings (SSSR count). The van der Waals surface area contributed by atoms with Gasteiger partial charge >= 0.3 is 10.4 Å². The van der Waals surface area contributed by atoms with Crippen LogP contribution in [-0.2, 0) is 23.5 Å². The average Bonchev–Trinajstić information content (AvgIpc) is 2.65. The van der Waals surface area contributed by atoms with Crippen molar-refractivity contribution in [1.29, 1.82) is 0 Å². The molecule has 2 aromatic carbocycles. The molecule has 0 aliphatic heterocycles. The highest BCUT2D eigenvalue weighted by atomic mass is 32.3. The van der Waals surface area contributed by atoms with Crippen molar-refractivity contribution in [1.82, 2.24) is 9.97 Å². The number of methoxy groups -OCH3 is 1. The van der Waals surface area contributed by atoms with Gasteiger partial charge in [-0.25, -0.2) is 9.97 Å². The smallest absolute Gasteiger partial charge is 0.394 e. The number of rotatable bonds is 5. The first-order valence-electron chi connectivity index (χ1n) is 7.82. The summed E-state index contributed by atoms with van der Waals surface area (Å²) in [5.41, 5.74) is 7.73. The van der Waals surface area contributed by atoms with Gasteiger partial charge in [-0.3, -0.25) is 9.11 Å². The molecule has 9 nitrogen and oxygen atoms in total. The normalized spacial score (nSPS) is 10.8. The Bertz CT molecular complexity index is 986. The van der Waals surface area contributed by atoms with Gasteiger partial charge in [-0.2, -0.15) is 8.42 Å². The van der Waals surface area contributed by atoms with Gasteiger partial charge in [0.1, 0.15) is 17.4 Å². The lowest BCUT2D eigenvalue weighted by Crippen LogP contribution is -2.08. The van der Waals surface area contributed by atoms with Crippen LogP contribution in [0.2, 0.25) is 0 Å². The van der Waals surface area contributed by atoms with Crippen molar-refractivity contribution >= 4 is 27.1 Å². The number of fused-ring (bicyclic) bond motifs is 1. The quantitative estimate of drug-likeness (QED) is 0.479. The molecule has 0 bridgehead atoms. The molecule has 0 aliphatic rings. The minimum Gasteiger partial charge on any atom is -0.497 e. The number of anilines is 1. The van der Waals surface area contributed by atoms with Crippen molar-refractivity contribution < 1.29 is 22.3 Å². The number of benzene rings is 2. The summed E-state index contributed by atoms with van der Waals surface area (Å²) in [6.07, 6.45) is 0. The molecule has 0 radical (unpaired) electrons. The summed E-state index contributed by atoms with van der Waals surface area (Å²) in [6.45, 7) is 0.997. The minimum atomic E-state index is -4.67. The van der Waals surface area contributed by atoms with E-state index in [0.29, 0.717) is 18.9 Å². The number of hydrogen-bond donors (Lipinski definition) is 4. The van der Waals surface area contributed by atoms with Crippen molar-refractivity contribution in [2.45, 2.75) is 13.1 Å². The van der Waals surface area contributed by atoms with Crippen molar-refractivity contribution in [3.05, 3.63) is 59.9 Å². The molecule has 0 spiro atoms. The number of ether oxygens (including phenoxy) is 1. The van der Waals surface area contributed by atoms with Crippen LogP contribution in [0.4, 0.5) is 5.82 Å². The summed E-state index contributed by atoms with van der Waals surface area (Å²) >= 11 is 0. The number of para-hydroxylation sites is 1. The molecule has 3 aromatic rings. The number of nitrogens with two attached hydrogens (primary N) is 1. The van der Waals surface area contributed by atoms with Crippen LogP contribution >= 0.6 is 0 Å². The third-order valence-electron chi connectivity index (χ3n) is 3.45. The number of hydrogen-bond acceptors (Lipinski definition) is 7. The van der Waals surface area contributed by atoms with Gasteiger partial charge in [0.25, 0.3) is 0 Å². The first-order chi connectivity index (χ1) is 12.8. The molecule has 1 aromatic heterocycles. The summed E-state index contributed by atoms with van der Waals surface area (Å²) < 4.78 is 36.7. The Morgan fingerprint density at radius 2 is 1.70 bits per heavy atom. The standard InChI is InChI=1S/C17H18N4O.H2O4S/c1-22-13-8-6-12(7-9-13)11-19-17-14-4-2-3-5-15(14)20-16(10-18)21-17;1-5(2,3)4/h2-9H,10-11,18H2,1H3,(H,19,20,21);(H2,1,2,3,4). The predicted molar refractivity (Wildman–Crippen MR) is 102 cm³/mol. The fourth-order valence-electron chi connectivity index (χ4n) is 2.28. The van der Waals surface area contributed by atoms with Crippen LogP contribution in [0.15, 0.2) is 48.5 Å². The molecule has 0 atom stereocenters. The lowest BCUT2D eigenvalue weighted by Gasteiger charge is -2.10. The number of aromatic nitrogens is 2. The van der Waals surface area contributed by atoms with Gasteiger partial charge in [0.15, 0.2) is 0 Å². The molecule has 0 saturated heterocycles. The fraction of sp³-hybridized carbons (Fsp3) is 0.176. The SMILES string of the molecule is COc1ccc(CNc2nc(CN)nc3ccccc23)cc1.O=S(=O)(O)O. The van der Waals surface area contributed by atoms with E-state index in [1.54, 1.807) is 7.11 Å². The topological polar surface area (TPSA) is 148 Å². The van der Waals surface area contributed by atoms with Crippen LogP contribution < -0.4 is 15.8 Å². The summed E-state index contributed by atoms with van der Waals surface area (Å²) in [5, 5.41) is 4.36. The number of nitrogens with one attached hydrogen (secondary N) is 1. The van der Waals surface area contributed by atoms with E-state index in [-0.39, 0.29) is 0 Å². The van der Waals surface area contributed by atoms with E-state index in [1.807, 2.05) is 48.5 Å². The van der Waals surface area contributed by atoms with Gasteiger partial charge in [-0.1, -0.05) is 24.3 Å². The van der Waals surface area contributed by atoms with Crippen molar-refractivity contribution in [2.24, 2.45) is 5.73 Å². The third-order valence-corrected chi connectivity index (χ3v) is 3.45. The van der Waals surface area contributed by atoms with Gasteiger partial charge in [0, 0.05) is 11.9 Å². The Morgan fingerprint density at radius 3 is 2.30 bits per heavy atom. The summed E-state index contributed by atoms with van der Waals surface area (Å²) in [5.74, 6) is 2.29. The summed E-state index contributed by atoms with van der Waals surface area (Å²) in [7, 11) is -3.01. The van der Waals surface area contributed by atoms with Crippen LogP contribution in [0.1, 0.15) is 11.4 Å². The Labute approximate surface area is 156 Å². The summed E-state index contributed by atoms with van der Waals surface area (Å²) in [6, 6.07) is 15.9. The second-order valence-corrected chi connectivity index (χ2v) is 6.25. The van der Waals surface area contributed by atoms with Crippen molar-refractivity contribution in [3.63, 3.8) is 0 Å². The Kier molecular flexibility index (Phi) is 7.02. The molecule has 0 aliphatic carbocycles. The van der Waals surface area contributed by atoms with Crippen LogP contribution in [0.5, 0.6) is 5.75 Å². The minimum absolute atomic E-state index is 0.321. The van der Waals surface area contributed by atoms with Crippen LogP contribution in [0.3, 0.4) is 0 Å². The largest absolute Gasteiger partial charge is 0.497 e. The second-order valence-electron chi connectivity index (χ2n) is 5.36. The molecule has 1 heterocycles. The summed E-state index contributed by atoms with van der Waals surface area (Å²) in [4.78, 5) is 8.94. The van der Waals surface area contributed by atoms with Gasteiger partial charge in [-0.05, 0) is 29.8 Å². The van der Waals surface area contributed by atoms with E-state index in [1.165, 1.54) is 0 Å². The fourth-order valence-corrected chi connectivity index (χ4v) is 2.28. The zero-order chi connectivity index (χ0) is 19.9. The van der Waals surface area contributed by atoms with Crippen molar-refractivity contribution in [3.8, 4) is 5.75 Å². The van der Waals surface area contributed by atoms with E-state index in [0.717, 1.165) is 28.0 Å². The highest BCUT2D eigenvalue weighted by Gasteiger charge is 2.06. The lowest BCUT2D eigenvalue weighted by molar-refractivity contribution is 0.381. The Hall–Kier alpha value is -2.79. The number of nitrogens with zero attached hydrogens (tertiary/aromatic N) is 2. The maximum Gasteiger partial charge on any atom is 0.394 e. The van der Waals surface area contributed by atoms with E-state index in [2.05, 4.69) is 15.3 Å². The molecule has 10 heteroatoms. The Morgan fingerprint density at radius 1 is 1.07 bits per heavy atom. The van der Waals surface area contributed by atoms with Crippen LogP contribution in [0, 0.1) is 0 Å². The predicted octanol–water partition coefficient (Wildman–Crippen LogP) is 2.06. The molecular weight excluding hydrogens is 372 g/mol. The van der Waals surface area contributed by atoms with Gasteiger partial charge < -0.3 is 15.8 Å². The first kappa shape index (κ1) is 20.5. The molecule has 0 unspecified atom stereocenters. The van der Waals surface area contributed by atoms with Crippen LogP contribution in [-0.4, -0.2) is 34.6 Å². The maximum absolute atomic E-state index is 8.74. The molecule has 5 N–H and O–H groups in total. The van der Waals surface area contributed by atoms with Crippen LogP contribution in [0.25, 0.3) is 10.9 Å². The first-order valence-corrected chi connectivity index (χ1v) is 9.22. The lowest BCUT2D eigenvalue weighted by atomic mass is 10.2. The molecule has 0 amide bonds. The van der Waals surface area contributed by atoms with Gasteiger partial charge in [0.2, 0.25) is 0 Å². The second kappa shape index (κ2) is 9.24. The molecule has 0 fully saturated rings. The van der Waals surface area contributed by atoms with Gasteiger partial charge in [0.05, 0.1) is 19.2 Å². The highest BCUT2D eigenvalue weighted by Crippen LogP contribution is 2.21. The third kappa shape index (κ3) is 6.79. The highest BCUT2D eigenvalue weighted by molar-refractivity contribution is 7.79. The monoisotopic (exact) mass is 392 g/mol.